The van der Waals surface area contributed by atoms with Gasteiger partial charge >= 0.3 is 12.0 Å². The van der Waals surface area contributed by atoms with E-state index in [4.69, 9.17) is 4.74 Å². The van der Waals surface area contributed by atoms with Crippen molar-refractivity contribution in [1.29, 1.82) is 0 Å². The molecule has 1 aliphatic rings. The van der Waals surface area contributed by atoms with Gasteiger partial charge in [-0.05, 0) is 0 Å². The Hall–Kier alpha value is -1.89. The van der Waals surface area contributed by atoms with E-state index in [1.54, 1.807) is 28.2 Å². The van der Waals surface area contributed by atoms with Crippen LogP contribution >= 0.6 is 0 Å². The molecule has 98 valence electrons. The topological polar surface area (TPSA) is 64.7 Å². The molecule has 0 aromatic carbocycles. The van der Waals surface area contributed by atoms with E-state index in [0.29, 0.717) is 13.2 Å². The van der Waals surface area contributed by atoms with E-state index in [-0.39, 0.29) is 12.6 Å². The average molecular weight is 254 g/mol. The van der Waals surface area contributed by atoms with Crippen LogP contribution in [-0.2, 0) is 21.3 Å². The van der Waals surface area contributed by atoms with Crippen LogP contribution in [0.15, 0.2) is 18.7 Å². The lowest BCUT2D eigenvalue weighted by Gasteiger charge is -2.29. The third-order valence-corrected chi connectivity index (χ3v) is 2.79. The van der Waals surface area contributed by atoms with E-state index in [0.717, 1.165) is 0 Å². The van der Waals surface area contributed by atoms with Crippen LogP contribution in [0.3, 0.4) is 0 Å². The zero-order chi connectivity index (χ0) is 13.1. The highest BCUT2D eigenvalue weighted by atomic mass is 16.6. The Bertz CT molecular complexity index is 457. The van der Waals surface area contributed by atoms with Crippen LogP contribution in [0.5, 0.6) is 0 Å². The number of amides is 1. The number of aromatic nitrogens is 2. The first-order valence-electron chi connectivity index (χ1n) is 5.63. The highest BCUT2D eigenvalue weighted by Gasteiger charge is 2.32. The second-order valence-electron chi connectivity index (χ2n) is 4.10. The number of carbonyl (C=O) groups excluding carboxylic acids is 2. The lowest BCUT2D eigenvalue weighted by atomic mass is 10.3. The molecule has 18 heavy (non-hydrogen) atoms. The molecule has 2 heterocycles. The van der Waals surface area contributed by atoms with Gasteiger partial charge in [0, 0.05) is 6.54 Å². The van der Waals surface area contributed by atoms with Gasteiger partial charge in [-0.25, -0.2) is 14.2 Å². The molecule has 0 saturated carbocycles. The quantitative estimate of drug-likeness (QED) is 0.484. The third kappa shape index (κ3) is 2.51. The Balaban J connectivity index is 2.05. The molecule has 7 heteroatoms. The van der Waals surface area contributed by atoms with Crippen molar-refractivity contribution in [3.63, 3.8) is 0 Å². The van der Waals surface area contributed by atoms with E-state index in [1.807, 2.05) is 7.05 Å². The van der Waals surface area contributed by atoms with Crippen LogP contribution in [0.1, 0.15) is 0 Å². The van der Waals surface area contributed by atoms with E-state index in [1.165, 1.54) is 11.7 Å². The number of ether oxygens (including phenoxy) is 2. The van der Waals surface area contributed by atoms with Crippen molar-refractivity contribution < 1.29 is 23.6 Å². The maximum absolute atomic E-state index is 12.1. The number of rotatable bonds is 1. The fourth-order valence-electron chi connectivity index (χ4n) is 1.82. The minimum atomic E-state index is -0.697. The molecule has 0 N–H and O–H groups in total. The Morgan fingerprint density at radius 3 is 2.89 bits per heavy atom. The van der Waals surface area contributed by atoms with Gasteiger partial charge in [-0.15, -0.1) is 0 Å². The Morgan fingerprint density at radius 2 is 2.28 bits per heavy atom. The summed E-state index contributed by atoms with van der Waals surface area (Å²) in [6.07, 6.45) is 4.42. The van der Waals surface area contributed by atoms with Crippen molar-refractivity contribution in [1.82, 2.24) is 9.47 Å². The van der Waals surface area contributed by atoms with E-state index in [2.05, 4.69) is 4.74 Å². The minimum Gasteiger partial charge on any atom is -0.467 e. The van der Waals surface area contributed by atoms with Crippen molar-refractivity contribution in [2.75, 3.05) is 26.8 Å². The highest BCUT2D eigenvalue weighted by molar-refractivity contribution is 5.79. The van der Waals surface area contributed by atoms with Gasteiger partial charge in [-0.3, -0.25) is 4.90 Å². The summed E-state index contributed by atoms with van der Waals surface area (Å²) in [5.74, 6) is -0.453. The summed E-state index contributed by atoms with van der Waals surface area (Å²) >= 11 is 0. The molecule has 7 nitrogen and oxygen atoms in total. The van der Waals surface area contributed by atoms with Crippen LogP contribution in [0, 0.1) is 0 Å². The van der Waals surface area contributed by atoms with Gasteiger partial charge in [0.05, 0.1) is 27.3 Å². The number of hydrogen-bond acceptors (Lipinski definition) is 4. The average Bonchev–Trinajstić information content (AvgIpc) is 2.83. The van der Waals surface area contributed by atoms with E-state index < -0.39 is 12.1 Å². The molecular weight excluding hydrogens is 238 g/mol. The van der Waals surface area contributed by atoms with Gasteiger partial charge in [0.1, 0.15) is 12.4 Å². The number of aryl methyl sites for hydroxylation is 1. The van der Waals surface area contributed by atoms with Crippen molar-refractivity contribution in [3.8, 4) is 0 Å². The van der Waals surface area contributed by atoms with Crippen LogP contribution in [0.2, 0.25) is 0 Å². The predicted octanol–water partition coefficient (Wildman–Crippen LogP) is -0.845. The van der Waals surface area contributed by atoms with Gasteiger partial charge in [0.25, 0.3) is 6.33 Å². The number of hydrogen-bond donors (Lipinski definition) is 0. The molecule has 1 amide bonds. The first-order valence-corrected chi connectivity index (χ1v) is 5.63. The second kappa shape index (κ2) is 5.18. The summed E-state index contributed by atoms with van der Waals surface area (Å²) in [5.41, 5.74) is 0. The SMILES string of the molecule is COC(=O)C1CN(C(=O)n2cc[n+](C)c2)CCO1. The lowest BCUT2D eigenvalue weighted by molar-refractivity contribution is -0.670. The molecule has 0 spiro atoms. The van der Waals surface area contributed by atoms with Crippen molar-refractivity contribution >= 4 is 12.0 Å². The van der Waals surface area contributed by atoms with Crippen molar-refractivity contribution in [3.05, 3.63) is 18.7 Å². The van der Waals surface area contributed by atoms with Gasteiger partial charge in [0.15, 0.2) is 6.10 Å². The molecule has 0 aliphatic carbocycles. The molecule has 0 radical (unpaired) electrons. The Morgan fingerprint density at radius 1 is 1.50 bits per heavy atom. The van der Waals surface area contributed by atoms with Gasteiger partial charge < -0.3 is 9.47 Å². The highest BCUT2D eigenvalue weighted by Crippen LogP contribution is 2.08. The smallest absolute Gasteiger partial charge is 0.415 e. The second-order valence-corrected chi connectivity index (χ2v) is 4.10. The van der Waals surface area contributed by atoms with Crippen LogP contribution in [0.4, 0.5) is 4.79 Å². The summed E-state index contributed by atoms with van der Waals surface area (Å²) in [6, 6.07) is -0.173. The molecule has 1 atom stereocenters. The number of morpholine rings is 1. The van der Waals surface area contributed by atoms with Crippen LogP contribution in [0.25, 0.3) is 0 Å². The minimum absolute atomic E-state index is 0.173. The standard InChI is InChI=1S/C11H16N3O4/c1-12-3-4-14(8-12)11(16)13-5-6-18-9(7-13)10(15)17-2/h3-4,8-9H,5-7H2,1-2H3/q+1. The molecule has 1 unspecified atom stereocenters. The Labute approximate surface area is 105 Å². The molecule has 1 aromatic heterocycles. The summed E-state index contributed by atoms with van der Waals surface area (Å²) in [6.45, 7) is 1.01. The predicted molar refractivity (Wildman–Crippen MR) is 59.7 cm³/mol. The summed E-state index contributed by atoms with van der Waals surface area (Å²) in [4.78, 5) is 25.1. The van der Waals surface area contributed by atoms with E-state index in [9.17, 15) is 9.59 Å². The normalized spacial score (nSPS) is 19.7. The molecule has 1 aromatic rings. The molecule has 2 rings (SSSR count). The van der Waals surface area contributed by atoms with E-state index >= 15 is 0 Å². The van der Waals surface area contributed by atoms with Gasteiger partial charge in [-0.1, -0.05) is 0 Å². The summed E-state index contributed by atoms with van der Waals surface area (Å²) < 4.78 is 13.1. The zero-order valence-corrected chi connectivity index (χ0v) is 10.4. The molecule has 1 aliphatic heterocycles. The number of carbonyl (C=O) groups is 2. The third-order valence-electron chi connectivity index (χ3n) is 2.79. The lowest BCUT2D eigenvalue weighted by Crippen LogP contribution is -2.50. The first-order chi connectivity index (χ1) is 8.61. The fourth-order valence-corrected chi connectivity index (χ4v) is 1.82. The molecule has 1 fully saturated rings. The fraction of sp³-hybridized carbons (Fsp3) is 0.545. The van der Waals surface area contributed by atoms with Crippen LogP contribution in [-0.4, -0.2) is 54.4 Å². The summed E-state index contributed by atoms with van der Waals surface area (Å²) in [5, 5.41) is 0. The molecular formula is C11H16N3O4+. The van der Waals surface area contributed by atoms with Gasteiger partial charge in [-0.2, -0.15) is 4.57 Å². The first kappa shape index (κ1) is 12.6. The number of methoxy groups -OCH3 is 1. The van der Waals surface area contributed by atoms with Gasteiger partial charge in [0.2, 0.25) is 0 Å². The summed E-state index contributed by atoms with van der Waals surface area (Å²) in [7, 11) is 3.14. The zero-order valence-electron chi connectivity index (χ0n) is 10.4. The number of imidazole rings is 1. The Kier molecular flexibility index (Phi) is 3.61. The maximum atomic E-state index is 12.1. The molecule has 1 saturated heterocycles. The largest absolute Gasteiger partial charge is 0.467 e. The van der Waals surface area contributed by atoms with Crippen molar-refractivity contribution in [2.45, 2.75) is 6.10 Å². The number of esters is 1. The van der Waals surface area contributed by atoms with Crippen LogP contribution < -0.4 is 4.57 Å². The maximum Gasteiger partial charge on any atom is 0.415 e. The monoisotopic (exact) mass is 254 g/mol. The number of nitrogens with zero attached hydrogens (tertiary/aromatic N) is 3. The molecule has 0 bridgehead atoms. The van der Waals surface area contributed by atoms with Crippen molar-refractivity contribution in [2.24, 2.45) is 7.05 Å².